The Balaban J connectivity index is 1.86. The van der Waals surface area contributed by atoms with E-state index in [1.54, 1.807) is 51.4 Å². The lowest BCUT2D eigenvalue weighted by Gasteiger charge is -2.20. The highest BCUT2D eigenvalue weighted by Crippen LogP contribution is 2.23. The Morgan fingerprint density at radius 2 is 1.82 bits per heavy atom. The highest BCUT2D eigenvalue weighted by Gasteiger charge is 2.23. The highest BCUT2D eigenvalue weighted by atomic mass is 16.6. The summed E-state index contributed by atoms with van der Waals surface area (Å²) in [6.07, 6.45) is 4.82. The van der Waals surface area contributed by atoms with Crippen molar-refractivity contribution >= 4 is 40.6 Å². The van der Waals surface area contributed by atoms with Gasteiger partial charge in [0.2, 0.25) is 11.8 Å². The van der Waals surface area contributed by atoms with E-state index >= 15 is 0 Å². The van der Waals surface area contributed by atoms with E-state index in [0.29, 0.717) is 11.1 Å². The second kappa shape index (κ2) is 12.8. The van der Waals surface area contributed by atoms with Crippen molar-refractivity contribution in [3.05, 3.63) is 76.9 Å². The number of aromatic nitrogens is 2. The molecule has 3 amide bonds. The van der Waals surface area contributed by atoms with Crippen LogP contribution >= 0.6 is 0 Å². The number of carbonyl (C=O) groups is 4. The molecule has 0 aliphatic heterocycles. The standard InChI is InChI=1S/C28H33N5O7/c1-28(2,3)40-27(38)33-16-14-18-9-7-10-19(23(18)33)17-32-15-8-12-21(25(32)36)30-24(35)20(31-26(37)39-4)11-5-6-13-22(29)34/h6-10,12-16,20H,5,11,17H2,1-4H3,(H2,29,34)(H,30,35)(H,31,37). The molecule has 0 aliphatic carbocycles. The molecular formula is C28H33N5O7. The van der Waals surface area contributed by atoms with E-state index in [9.17, 15) is 24.0 Å². The summed E-state index contributed by atoms with van der Waals surface area (Å²) in [6.45, 7) is 5.44. The van der Waals surface area contributed by atoms with Crippen LogP contribution in [0.4, 0.5) is 15.3 Å². The third kappa shape index (κ3) is 7.82. The van der Waals surface area contributed by atoms with Crippen molar-refractivity contribution in [3.63, 3.8) is 0 Å². The molecule has 212 valence electrons. The molecule has 1 unspecified atom stereocenters. The summed E-state index contributed by atoms with van der Waals surface area (Å²) in [7, 11) is 1.16. The Hall–Kier alpha value is -4.87. The fourth-order valence-corrected chi connectivity index (χ4v) is 3.95. The molecule has 12 heteroatoms. The predicted octanol–water partition coefficient (Wildman–Crippen LogP) is 3.12. The molecule has 4 N–H and O–H groups in total. The second-order valence-corrected chi connectivity index (χ2v) is 9.94. The van der Waals surface area contributed by atoms with E-state index in [1.807, 2.05) is 12.1 Å². The van der Waals surface area contributed by atoms with Crippen LogP contribution in [0, 0.1) is 0 Å². The van der Waals surface area contributed by atoms with E-state index in [-0.39, 0.29) is 25.1 Å². The minimum absolute atomic E-state index is 0.00783. The summed E-state index contributed by atoms with van der Waals surface area (Å²) in [5, 5.41) is 5.78. The van der Waals surface area contributed by atoms with Gasteiger partial charge in [0.25, 0.3) is 5.56 Å². The molecule has 2 aromatic heterocycles. The van der Waals surface area contributed by atoms with Gasteiger partial charge < -0.3 is 30.4 Å². The van der Waals surface area contributed by atoms with Crippen LogP contribution in [0.15, 0.2) is 65.7 Å². The van der Waals surface area contributed by atoms with Gasteiger partial charge >= 0.3 is 12.2 Å². The number of para-hydroxylation sites is 1. The summed E-state index contributed by atoms with van der Waals surface area (Å²) in [5.74, 6) is -1.28. The largest absolute Gasteiger partial charge is 0.453 e. The average Bonchev–Trinajstić information content (AvgIpc) is 3.32. The van der Waals surface area contributed by atoms with E-state index < -0.39 is 41.2 Å². The van der Waals surface area contributed by atoms with Crippen LogP contribution in [0.1, 0.15) is 39.2 Å². The van der Waals surface area contributed by atoms with Crippen molar-refractivity contribution < 1.29 is 28.7 Å². The number of allylic oxidation sites excluding steroid dienone is 1. The zero-order valence-electron chi connectivity index (χ0n) is 22.8. The summed E-state index contributed by atoms with van der Waals surface area (Å²) in [5.41, 5.74) is 5.17. The average molecular weight is 552 g/mol. The quantitative estimate of drug-likeness (QED) is 0.344. The number of amides is 3. The lowest BCUT2D eigenvalue weighted by Crippen LogP contribution is -2.44. The van der Waals surface area contributed by atoms with Crippen molar-refractivity contribution in [3.8, 4) is 0 Å². The van der Waals surface area contributed by atoms with Crippen LogP contribution in [0.5, 0.6) is 0 Å². The Morgan fingerprint density at radius 1 is 1.07 bits per heavy atom. The number of hydrogen-bond acceptors (Lipinski definition) is 7. The minimum atomic E-state index is -1.05. The normalized spacial score (nSPS) is 12.2. The first kappa shape index (κ1) is 29.7. The SMILES string of the molecule is COC(=O)NC(CCC=CC(N)=O)C(=O)Nc1cccn(Cc2cccc3ccn(C(=O)OC(C)(C)C)c23)c1=O. The third-order valence-corrected chi connectivity index (χ3v) is 5.70. The lowest BCUT2D eigenvalue weighted by atomic mass is 10.1. The van der Waals surface area contributed by atoms with Gasteiger partial charge in [0.05, 0.1) is 19.2 Å². The van der Waals surface area contributed by atoms with E-state index in [2.05, 4.69) is 15.4 Å². The second-order valence-electron chi connectivity index (χ2n) is 9.94. The molecule has 12 nitrogen and oxygen atoms in total. The first-order valence-electron chi connectivity index (χ1n) is 12.5. The van der Waals surface area contributed by atoms with Gasteiger partial charge in [-0.3, -0.25) is 19.0 Å². The first-order chi connectivity index (χ1) is 18.9. The molecule has 1 aromatic carbocycles. The lowest BCUT2D eigenvalue weighted by molar-refractivity contribution is -0.118. The van der Waals surface area contributed by atoms with Crippen LogP contribution in [0.25, 0.3) is 10.9 Å². The fourth-order valence-electron chi connectivity index (χ4n) is 3.95. The number of alkyl carbamates (subject to hydrolysis) is 1. The number of nitrogens with two attached hydrogens (primary N) is 1. The number of primary amides is 1. The molecule has 0 radical (unpaired) electrons. The summed E-state index contributed by atoms with van der Waals surface area (Å²) >= 11 is 0. The van der Waals surface area contributed by atoms with Gasteiger partial charge in [0.15, 0.2) is 0 Å². The number of pyridine rings is 1. The molecule has 40 heavy (non-hydrogen) atoms. The number of benzene rings is 1. The Labute approximate surface area is 230 Å². The number of carbonyl (C=O) groups excluding carboxylic acids is 4. The van der Waals surface area contributed by atoms with Gasteiger partial charge in [0.1, 0.15) is 17.3 Å². The topological polar surface area (TPSA) is 164 Å². The van der Waals surface area contributed by atoms with Crippen molar-refractivity contribution in [1.82, 2.24) is 14.5 Å². The van der Waals surface area contributed by atoms with Crippen molar-refractivity contribution in [2.45, 2.75) is 51.8 Å². The molecule has 0 fully saturated rings. The minimum Gasteiger partial charge on any atom is -0.453 e. The van der Waals surface area contributed by atoms with Crippen LogP contribution in [-0.2, 0) is 25.6 Å². The number of nitrogens with zero attached hydrogens (tertiary/aromatic N) is 2. The summed E-state index contributed by atoms with van der Waals surface area (Å²) in [6, 6.07) is 9.26. The Bertz CT molecular complexity index is 1500. The number of nitrogens with one attached hydrogen (secondary N) is 2. The molecule has 3 aromatic rings. The first-order valence-corrected chi connectivity index (χ1v) is 12.5. The number of fused-ring (bicyclic) bond motifs is 1. The van der Waals surface area contributed by atoms with Gasteiger partial charge in [0, 0.05) is 17.8 Å². The van der Waals surface area contributed by atoms with Gasteiger partial charge in [-0.05, 0) is 63.5 Å². The molecule has 1 atom stereocenters. The van der Waals surface area contributed by atoms with Gasteiger partial charge in [-0.25, -0.2) is 9.59 Å². The monoisotopic (exact) mass is 551 g/mol. The molecule has 0 saturated carbocycles. The molecular weight excluding hydrogens is 518 g/mol. The number of rotatable bonds is 9. The highest BCUT2D eigenvalue weighted by molar-refractivity contribution is 5.96. The number of hydrogen-bond donors (Lipinski definition) is 3. The van der Waals surface area contributed by atoms with Crippen LogP contribution in [0.2, 0.25) is 0 Å². The third-order valence-electron chi connectivity index (χ3n) is 5.70. The molecule has 0 bridgehead atoms. The maximum absolute atomic E-state index is 13.3. The van der Waals surface area contributed by atoms with E-state index in [4.69, 9.17) is 10.5 Å². The number of anilines is 1. The molecule has 2 heterocycles. The summed E-state index contributed by atoms with van der Waals surface area (Å²) in [4.78, 5) is 61.8. The van der Waals surface area contributed by atoms with E-state index in [0.717, 1.165) is 18.6 Å². The zero-order valence-corrected chi connectivity index (χ0v) is 22.8. The summed E-state index contributed by atoms with van der Waals surface area (Å²) < 4.78 is 12.9. The van der Waals surface area contributed by atoms with Crippen LogP contribution in [0.3, 0.4) is 0 Å². The van der Waals surface area contributed by atoms with Gasteiger partial charge in [-0.2, -0.15) is 0 Å². The van der Waals surface area contributed by atoms with Gasteiger partial charge in [-0.1, -0.05) is 24.3 Å². The Kier molecular flexibility index (Phi) is 9.49. The van der Waals surface area contributed by atoms with Crippen LogP contribution in [-0.4, -0.2) is 51.9 Å². The Morgan fingerprint density at radius 3 is 2.50 bits per heavy atom. The maximum Gasteiger partial charge on any atom is 0.419 e. The van der Waals surface area contributed by atoms with Crippen molar-refractivity contribution in [2.24, 2.45) is 5.73 Å². The van der Waals surface area contributed by atoms with E-state index in [1.165, 1.54) is 21.3 Å². The predicted molar refractivity (Wildman–Crippen MR) is 149 cm³/mol. The van der Waals surface area contributed by atoms with Crippen molar-refractivity contribution in [1.29, 1.82) is 0 Å². The molecule has 0 saturated heterocycles. The maximum atomic E-state index is 13.3. The van der Waals surface area contributed by atoms with Gasteiger partial charge in [-0.15, -0.1) is 0 Å². The molecule has 0 aliphatic rings. The number of ether oxygens (including phenoxy) is 2. The smallest absolute Gasteiger partial charge is 0.419 e. The zero-order chi connectivity index (χ0) is 29.4. The molecule has 3 rings (SSSR count). The van der Waals surface area contributed by atoms with Crippen LogP contribution < -0.4 is 21.9 Å². The molecule has 0 spiro atoms. The van der Waals surface area contributed by atoms with Crippen molar-refractivity contribution in [2.75, 3.05) is 12.4 Å². The fraction of sp³-hybridized carbons (Fsp3) is 0.321. The number of methoxy groups -OCH3 is 1.